The summed E-state index contributed by atoms with van der Waals surface area (Å²) < 4.78 is 12.8. The molecule has 0 aliphatic rings. The second-order valence-electron chi connectivity index (χ2n) is 15.6. The molecule has 0 bridgehead atoms. The summed E-state index contributed by atoms with van der Waals surface area (Å²) in [4.78, 5) is 0. The van der Waals surface area contributed by atoms with E-state index in [-0.39, 0.29) is 0 Å². The Kier molecular flexibility index (Phi) is 6.47. The normalized spacial score (nSPS) is 12.1. The first-order valence-corrected chi connectivity index (χ1v) is 19.9. The summed E-state index contributed by atoms with van der Waals surface area (Å²) in [5.41, 5.74) is 11.0. The molecule has 0 saturated carbocycles. The largest absolute Gasteiger partial charge is 0.456 e. The quantitative estimate of drug-likeness (QED) is 0.169. The van der Waals surface area contributed by atoms with Crippen LogP contribution in [0.3, 0.4) is 0 Å². The molecule has 0 spiro atoms. The summed E-state index contributed by atoms with van der Waals surface area (Å²) in [6.45, 7) is 0. The molecule has 13 aromatic rings. The highest BCUT2D eigenvalue weighted by Gasteiger charge is 2.19. The fourth-order valence-electron chi connectivity index (χ4n) is 9.71. The third kappa shape index (κ3) is 4.54. The zero-order valence-corrected chi connectivity index (χ0v) is 31.3. The molecular weight excluding hydrogens is 705 g/mol. The van der Waals surface area contributed by atoms with Gasteiger partial charge in [-0.2, -0.15) is 0 Å². The molecule has 2 nitrogen and oxygen atoms in total. The molecule has 0 unspecified atom stereocenters. The number of furan rings is 2. The second-order valence-corrected chi connectivity index (χ2v) is 15.6. The van der Waals surface area contributed by atoms with Crippen molar-refractivity contribution in [2.45, 2.75) is 0 Å². The van der Waals surface area contributed by atoms with Crippen LogP contribution in [-0.4, -0.2) is 0 Å². The summed E-state index contributed by atoms with van der Waals surface area (Å²) in [7, 11) is 0. The first-order valence-electron chi connectivity index (χ1n) is 19.9. The van der Waals surface area contributed by atoms with Gasteiger partial charge in [-0.3, -0.25) is 0 Å². The molecule has 0 atom stereocenters. The average molecular weight is 737 g/mol. The Labute approximate surface area is 332 Å². The van der Waals surface area contributed by atoms with Crippen molar-refractivity contribution >= 4 is 97.7 Å². The van der Waals surface area contributed by atoms with Gasteiger partial charge >= 0.3 is 0 Å². The fourth-order valence-corrected chi connectivity index (χ4v) is 9.71. The van der Waals surface area contributed by atoms with Crippen molar-refractivity contribution in [3.8, 4) is 33.4 Å². The van der Waals surface area contributed by atoms with Crippen molar-refractivity contribution in [2.24, 2.45) is 0 Å². The van der Waals surface area contributed by atoms with Gasteiger partial charge in [-0.05, 0) is 130 Å². The van der Waals surface area contributed by atoms with Gasteiger partial charge in [-0.15, -0.1) is 0 Å². The summed E-state index contributed by atoms with van der Waals surface area (Å²) in [6.07, 6.45) is 0. The molecule has 2 heterocycles. The Balaban J connectivity index is 0.935. The van der Waals surface area contributed by atoms with Crippen molar-refractivity contribution in [1.82, 2.24) is 0 Å². The van der Waals surface area contributed by atoms with E-state index < -0.39 is 0 Å². The third-order valence-electron chi connectivity index (χ3n) is 12.4. The van der Waals surface area contributed by atoms with E-state index in [1.165, 1.54) is 76.5 Å². The van der Waals surface area contributed by atoms with Gasteiger partial charge in [0.15, 0.2) is 0 Å². The van der Waals surface area contributed by atoms with E-state index in [1.807, 2.05) is 12.1 Å². The van der Waals surface area contributed by atoms with E-state index in [1.54, 1.807) is 0 Å². The van der Waals surface area contributed by atoms with Gasteiger partial charge in [-0.25, -0.2) is 0 Å². The Hall–Kier alpha value is -7.68. The number of hydrogen-bond donors (Lipinski definition) is 0. The zero-order chi connectivity index (χ0) is 37.9. The van der Waals surface area contributed by atoms with Crippen LogP contribution < -0.4 is 0 Å². The van der Waals surface area contributed by atoms with E-state index in [4.69, 9.17) is 8.83 Å². The highest BCUT2D eigenvalue weighted by Crippen LogP contribution is 2.46. The molecule has 0 fully saturated rings. The van der Waals surface area contributed by atoms with Gasteiger partial charge in [0.1, 0.15) is 22.3 Å². The topological polar surface area (TPSA) is 26.3 Å². The number of rotatable bonds is 3. The van der Waals surface area contributed by atoms with E-state index in [0.717, 1.165) is 54.6 Å². The smallest absolute Gasteiger partial charge is 0.143 e. The Morgan fingerprint density at radius 3 is 1.60 bits per heavy atom. The van der Waals surface area contributed by atoms with E-state index in [0.29, 0.717) is 0 Å². The van der Waals surface area contributed by atoms with E-state index >= 15 is 0 Å². The number of benzene rings is 11. The molecule has 2 heteroatoms. The van der Waals surface area contributed by atoms with Crippen LogP contribution in [0.4, 0.5) is 0 Å². The molecule has 0 N–H and O–H groups in total. The van der Waals surface area contributed by atoms with Crippen molar-refractivity contribution in [3.63, 3.8) is 0 Å². The lowest BCUT2D eigenvalue weighted by Crippen LogP contribution is -1.91. The summed E-state index contributed by atoms with van der Waals surface area (Å²) in [5.74, 6) is 0. The van der Waals surface area contributed by atoms with Crippen LogP contribution in [-0.2, 0) is 0 Å². The van der Waals surface area contributed by atoms with Gasteiger partial charge in [0.2, 0.25) is 0 Å². The third-order valence-corrected chi connectivity index (χ3v) is 12.4. The SMILES string of the molecule is c1ccc2c(-c3c4ccccc4c(-c4ccc5cc(-c6ccc7oc8c9cc%10c(cc9ccc8c7c6)oc6ccccc6%10)ccc5c4)c4ccccc34)cccc2c1. The van der Waals surface area contributed by atoms with Gasteiger partial charge in [0, 0.05) is 26.9 Å². The Morgan fingerprint density at radius 2 is 0.810 bits per heavy atom. The predicted octanol–water partition coefficient (Wildman–Crippen LogP) is 16.3. The predicted molar refractivity (Wildman–Crippen MR) is 245 cm³/mol. The first kappa shape index (κ1) is 31.5. The maximum absolute atomic E-state index is 6.60. The molecule has 268 valence electrons. The molecular formula is C56H32O2. The van der Waals surface area contributed by atoms with Crippen molar-refractivity contribution in [2.75, 3.05) is 0 Å². The standard InChI is InChI=1S/C56H32O2/c1-2-12-40-33(10-1)11-9-18-42(40)55-45-16-5-3-14-43(45)54(44-15-4-6-17-46(44)55)39-23-22-34-28-35(20-21-36(34)29-39)37-25-27-52-49(30-37)47-26-24-38-31-53-50(32-48(38)56(47)58-52)41-13-7-8-19-51(41)57-53/h1-32H. The summed E-state index contributed by atoms with van der Waals surface area (Å²) in [6, 6.07) is 70.6. The maximum Gasteiger partial charge on any atom is 0.143 e. The summed E-state index contributed by atoms with van der Waals surface area (Å²) >= 11 is 0. The van der Waals surface area contributed by atoms with Crippen LogP contribution in [0.5, 0.6) is 0 Å². The second kappa shape index (κ2) is 11.9. The number of fused-ring (bicyclic) bond motifs is 12. The van der Waals surface area contributed by atoms with Gasteiger partial charge < -0.3 is 8.83 Å². The van der Waals surface area contributed by atoms with E-state index in [2.05, 4.69) is 182 Å². The minimum Gasteiger partial charge on any atom is -0.456 e. The Morgan fingerprint density at radius 1 is 0.241 bits per heavy atom. The molecule has 0 aliphatic heterocycles. The van der Waals surface area contributed by atoms with Crippen molar-refractivity contribution < 1.29 is 8.83 Å². The van der Waals surface area contributed by atoms with Crippen LogP contribution in [0.1, 0.15) is 0 Å². The lowest BCUT2D eigenvalue weighted by atomic mass is 9.84. The minimum absolute atomic E-state index is 0.889. The molecule has 2 aromatic heterocycles. The molecule has 0 aliphatic carbocycles. The molecule has 58 heavy (non-hydrogen) atoms. The first-order chi connectivity index (χ1) is 28.7. The lowest BCUT2D eigenvalue weighted by Gasteiger charge is -2.19. The monoisotopic (exact) mass is 736 g/mol. The lowest BCUT2D eigenvalue weighted by molar-refractivity contribution is 0.669. The molecule has 13 rings (SSSR count). The van der Waals surface area contributed by atoms with Crippen LogP contribution in [0, 0.1) is 0 Å². The highest BCUT2D eigenvalue weighted by atomic mass is 16.3. The van der Waals surface area contributed by atoms with Gasteiger partial charge in [-0.1, -0.05) is 146 Å². The van der Waals surface area contributed by atoms with Crippen LogP contribution in [0.25, 0.3) is 131 Å². The highest BCUT2D eigenvalue weighted by molar-refractivity contribution is 6.24. The summed E-state index contributed by atoms with van der Waals surface area (Å²) in [5, 5.41) is 16.7. The zero-order valence-electron chi connectivity index (χ0n) is 31.3. The minimum atomic E-state index is 0.889. The van der Waals surface area contributed by atoms with E-state index in [9.17, 15) is 0 Å². The van der Waals surface area contributed by atoms with Crippen LogP contribution >= 0.6 is 0 Å². The molecule has 0 saturated heterocycles. The van der Waals surface area contributed by atoms with Crippen LogP contribution in [0.2, 0.25) is 0 Å². The number of para-hydroxylation sites is 1. The molecule has 0 radical (unpaired) electrons. The molecule has 11 aromatic carbocycles. The van der Waals surface area contributed by atoms with Gasteiger partial charge in [0.25, 0.3) is 0 Å². The van der Waals surface area contributed by atoms with Crippen LogP contribution in [0.15, 0.2) is 203 Å². The number of hydrogen-bond acceptors (Lipinski definition) is 2. The average Bonchev–Trinajstić information content (AvgIpc) is 3.84. The van der Waals surface area contributed by atoms with Crippen molar-refractivity contribution in [1.29, 1.82) is 0 Å². The fraction of sp³-hybridized carbons (Fsp3) is 0. The van der Waals surface area contributed by atoms with Gasteiger partial charge in [0.05, 0.1) is 0 Å². The maximum atomic E-state index is 6.60. The Bertz CT molecular complexity index is 3800. The van der Waals surface area contributed by atoms with Crippen molar-refractivity contribution in [3.05, 3.63) is 194 Å². The molecule has 0 amide bonds.